The van der Waals surface area contributed by atoms with Crippen molar-refractivity contribution in [2.75, 3.05) is 0 Å². The number of aliphatic imine (C=N–C) groups is 1. The second-order valence-corrected chi connectivity index (χ2v) is 9.80. The van der Waals surface area contributed by atoms with Gasteiger partial charge in [0.1, 0.15) is 10.6 Å². The third-order valence-electron chi connectivity index (χ3n) is 4.45. The number of hydrogen-bond acceptors (Lipinski definition) is 8. The number of benzene rings is 3. The molecule has 0 aromatic heterocycles. The highest BCUT2D eigenvalue weighted by Crippen LogP contribution is 2.32. The minimum Gasteiger partial charge on any atom is -0.378 e. The summed E-state index contributed by atoms with van der Waals surface area (Å²) in [5, 5.41) is 14.4. The minimum absolute atomic E-state index is 0.00940. The van der Waals surface area contributed by atoms with Gasteiger partial charge in [-0.25, -0.2) is 4.99 Å². The Hall–Kier alpha value is -3.67. The summed E-state index contributed by atoms with van der Waals surface area (Å²) in [6.45, 7) is 0. The summed E-state index contributed by atoms with van der Waals surface area (Å²) in [7, 11) is -4.27. The number of amides is 1. The van der Waals surface area contributed by atoms with Gasteiger partial charge in [-0.3, -0.25) is 14.9 Å². The van der Waals surface area contributed by atoms with Crippen molar-refractivity contribution in [1.29, 1.82) is 0 Å². The lowest BCUT2D eigenvalue weighted by molar-refractivity contribution is -0.384. The molecule has 34 heavy (non-hydrogen) atoms. The Labute approximate surface area is 203 Å². The minimum atomic E-state index is -4.27. The molecule has 172 valence electrons. The Morgan fingerprint density at radius 2 is 1.71 bits per heavy atom. The first-order chi connectivity index (χ1) is 16.2. The van der Waals surface area contributed by atoms with Crippen LogP contribution in [0.3, 0.4) is 0 Å². The molecule has 12 heteroatoms. The van der Waals surface area contributed by atoms with Crippen molar-refractivity contribution in [2.24, 2.45) is 4.99 Å². The van der Waals surface area contributed by atoms with Gasteiger partial charge in [0.2, 0.25) is 0 Å². The van der Waals surface area contributed by atoms with Crippen LogP contribution in [0.5, 0.6) is 5.75 Å². The molecule has 1 heterocycles. The maximum Gasteiger partial charge on any atom is 0.339 e. The number of amidine groups is 1. The lowest BCUT2D eigenvalue weighted by Gasteiger charge is -2.09. The van der Waals surface area contributed by atoms with E-state index in [4.69, 9.17) is 15.8 Å². The fourth-order valence-electron chi connectivity index (χ4n) is 2.83. The molecule has 0 bridgehead atoms. The van der Waals surface area contributed by atoms with Crippen LogP contribution in [0, 0.1) is 10.1 Å². The van der Waals surface area contributed by atoms with E-state index in [0.717, 1.165) is 36.0 Å². The van der Waals surface area contributed by atoms with Gasteiger partial charge >= 0.3 is 10.1 Å². The lowest BCUT2D eigenvalue weighted by atomic mass is 10.2. The van der Waals surface area contributed by atoms with Crippen molar-refractivity contribution in [3.8, 4) is 5.75 Å². The summed E-state index contributed by atoms with van der Waals surface area (Å²) in [5.41, 5.74) is 0.703. The van der Waals surface area contributed by atoms with Gasteiger partial charge in [0.05, 0.1) is 15.5 Å². The summed E-state index contributed by atoms with van der Waals surface area (Å²) in [6, 6.07) is 17.4. The Bertz CT molecular complexity index is 1440. The number of carbonyl (C=O) groups excluding carboxylic acids is 1. The summed E-state index contributed by atoms with van der Waals surface area (Å²) < 4.78 is 30.7. The fraction of sp³-hybridized carbons (Fsp3) is 0. The quantitative estimate of drug-likeness (QED) is 0.214. The SMILES string of the molecule is O=C1NC(=Nc2ccc(Cl)cc2)S/C1=C/c1ccccc1OS(=O)(=O)c1ccc([N+](=O)[O-])cc1. The molecule has 9 nitrogen and oxygen atoms in total. The molecule has 3 aromatic rings. The van der Waals surface area contributed by atoms with Crippen molar-refractivity contribution in [3.63, 3.8) is 0 Å². The zero-order valence-corrected chi connectivity index (χ0v) is 19.4. The zero-order valence-electron chi connectivity index (χ0n) is 17.0. The Morgan fingerprint density at radius 1 is 1.03 bits per heavy atom. The first kappa shape index (κ1) is 23.5. The number of para-hydroxylation sites is 1. The number of thioether (sulfide) groups is 1. The number of nitrogens with zero attached hydrogens (tertiary/aromatic N) is 2. The van der Waals surface area contributed by atoms with Crippen molar-refractivity contribution >= 4 is 62.0 Å². The molecule has 0 unspecified atom stereocenters. The summed E-state index contributed by atoms with van der Waals surface area (Å²) in [6.07, 6.45) is 1.49. The number of carbonyl (C=O) groups is 1. The predicted molar refractivity (Wildman–Crippen MR) is 130 cm³/mol. The van der Waals surface area contributed by atoms with Crippen LogP contribution in [0.1, 0.15) is 5.56 Å². The summed E-state index contributed by atoms with van der Waals surface area (Å²) >= 11 is 6.96. The van der Waals surface area contributed by atoms with Crippen LogP contribution >= 0.6 is 23.4 Å². The average molecular weight is 516 g/mol. The molecule has 0 spiro atoms. The third-order valence-corrected chi connectivity index (χ3v) is 6.86. The largest absolute Gasteiger partial charge is 0.378 e. The summed E-state index contributed by atoms with van der Waals surface area (Å²) in [4.78, 5) is 27.0. The molecule has 0 aliphatic carbocycles. The first-order valence-corrected chi connectivity index (χ1v) is 12.1. The number of non-ortho nitro benzene ring substituents is 1. The molecule has 0 saturated carbocycles. The van der Waals surface area contributed by atoms with Gasteiger partial charge in [-0.05, 0) is 60.3 Å². The van der Waals surface area contributed by atoms with Gasteiger partial charge in [0.25, 0.3) is 11.6 Å². The van der Waals surface area contributed by atoms with Crippen molar-refractivity contribution < 1.29 is 22.3 Å². The van der Waals surface area contributed by atoms with Gasteiger partial charge in [0.15, 0.2) is 5.17 Å². The van der Waals surface area contributed by atoms with E-state index >= 15 is 0 Å². The number of rotatable bonds is 6. The molecule has 0 radical (unpaired) electrons. The van der Waals surface area contributed by atoms with Crippen LogP contribution in [-0.2, 0) is 14.9 Å². The average Bonchev–Trinajstić information content (AvgIpc) is 3.15. The molecular formula is C22H14ClN3O6S2. The van der Waals surface area contributed by atoms with Crippen molar-refractivity contribution in [2.45, 2.75) is 4.90 Å². The standard InChI is InChI=1S/C22H14ClN3O6S2/c23-15-5-7-16(8-6-15)24-22-25-21(27)20(33-22)13-14-3-1-2-4-19(14)32-34(30,31)18-11-9-17(10-12-18)26(28)29/h1-13H,(H,24,25,27)/b20-13+. The van der Waals surface area contributed by atoms with E-state index in [1.54, 1.807) is 42.5 Å². The van der Waals surface area contributed by atoms with E-state index in [2.05, 4.69) is 10.3 Å². The lowest BCUT2D eigenvalue weighted by Crippen LogP contribution is -2.19. The first-order valence-electron chi connectivity index (χ1n) is 9.54. The highest BCUT2D eigenvalue weighted by atomic mass is 35.5. The Morgan fingerprint density at radius 3 is 2.38 bits per heavy atom. The Balaban J connectivity index is 1.58. The Kier molecular flexibility index (Phi) is 6.68. The molecule has 1 N–H and O–H groups in total. The van der Waals surface area contributed by atoms with E-state index in [1.165, 1.54) is 12.1 Å². The second-order valence-electron chi connectivity index (χ2n) is 6.78. The molecule has 3 aromatic carbocycles. The van der Waals surface area contributed by atoms with Crippen LogP contribution in [0.15, 0.2) is 87.6 Å². The maximum atomic E-state index is 12.7. The van der Waals surface area contributed by atoms with E-state index < -0.39 is 20.9 Å². The van der Waals surface area contributed by atoms with Crippen LogP contribution in [0.4, 0.5) is 11.4 Å². The van der Waals surface area contributed by atoms with Gasteiger partial charge in [-0.15, -0.1) is 0 Å². The molecule has 0 atom stereocenters. The van der Waals surface area contributed by atoms with Crippen LogP contribution in [0.2, 0.25) is 5.02 Å². The van der Waals surface area contributed by atoms with Crippen LogP contribution in [-0.4, -0.2) is 24.4 Å². The molecule has 1 aliphatic rings. The summed E-state index contributed by atoms with van der Waals surface area (Å²) in [5.74, 6) is -0.407. The van der Waals surface area contributed by atoms with Gasteiger partial charge in [-0.2, -0.15) is 8.42 Å². The highest BCUT2D eigenvalue weighted by molar-refractivity contribution is 8.18. The number of halogens is 1. The number of nitro benzene ring substituents is 1. The molecule has 1 amide bonds. The van der Waals surface area contributed by atoms with E-state index in [9.17, 15) is 23.3 Å². The molecule has 1 aliphatic heterocycles. The molecule has 4 rings (SSSR count). The van der Waals surface area contributed by atoms with Gasteiger partial charge in [-0.1, -0.05) is 29.8 Å². The van der Waals surface area contributed by atoms with Crippen LogP contribution < -0.4 is 9.50 Å². The molecule has 1 saturated heterocycles. The van der Waals surface area contributed by atoms with E-state index in [-0.39, 0.29) is 21.2 Å². The smallest absolute Gasteiger partial charge is 0.339 e. The highest BCUT2D eigenvalue weighted by Gasteiger charge is 2.25. The second kappa shape index (κ2) is 9.67. The fourth-order valence-corrected chi connectivity index (χ4v) is 4.74. The number of nitrogens with one attached hydrogen (secondary N) is 1. The van der Waals surface area contributed by atoms with Crippen molar-refractivity contribution in [3.05, 3.63) is 98.4 Å². The normalized spacial score (nSPS) is 16.0. The number of nitro groups is 1. The van der Waals surface area contributed by atoms with Crippen LogP contribution in [0.25, 0.3) is 6.08 Å². The number of hydrogen-bond donors (Lipinski definition) is 1. The molecular weight excluding hydrogens is 502 g/mol. The molecule has 1 fully saturated rings. The van der Waals surface area contributed by atoms with E-state index in [0.29, 0.717) is 21.4 Å². The van der Waals surface area contributed by atoms with Crippen molar-refractivity contribution in [1.82, 2.24) is 5.32 Å². The third kappa shape index (κ3) is 5.45. The predicted octanol–water partition coefficient (Wildman–Crippen LogP) is 4.91. The zero-order chi connectivity index (χ0) is 24.3. The topological polar surface area (TPSA) is 128 Å². The maximum absolute atomic E-state index is 12.7. The van der Waals surface area contributed by atoms with Gasteiger partial charge < -0.3 is 9.50 Å². The van der Waals surface area contributed by atoms with Gasteiger partial charge in [0, 0.05) is 22.7 Å². The van der Waals surface area contributed by atoms with E-state index in [1.807, 2.05) is 0 Å². The monoisotopic (exact) mass is 515 g/mol.